The SMILES string of the molecule is CCc1ccccc1NC(=O)Cc1cccc(F)c1. The number of nitrogens with one attached hydrogen (secondary N) is 1. The van der Waals surface area contributed by atoms with Crippen LogP contribution in [0.5, 0.6) is 0 Å². The Morgan fingerprint density at radius 3 is 2.68 bits per heavy atom. The summed E-state index contributed by atoms with van der Waals surface area (Å²) in [6.07, 6.45) is 1.03. The van der Waals surface area contributed by atoms with Crippen molar-refractivity contribution < 1.29 is 9.18 Å². The second kappa shape index (κ2) is 6.14. The number of para-hydroxylation sites is 1. The lowest BCUT2D eigenvalue weighted by atomic mass is 10.1. The van der Waals surface area contributed by atoms with Gasteiger partial charge in [-0.2, -0.15) is 0 Å². The number of anilines is 1. The lowest BCUT2D eigenvalue weighted by molar-refractivity contribution is -0.115. The average molecular weight is 257 g/mol. The number of carbonyl (C=O) groups is 1. The van der Waals surface area contributed by atoms with Gasteiger partial charge in [-0.3, -0.25) is 4.79 Å². The molecule has 0 fully saturated rings. The molecular weight excluding hydrogens is 241 g/mol. The number of halogens is 1. The largest absolute Gasteiger partial charge is 0.326 e. The van der Waals surface area contributed by atoms with E-state index >= 15 is 0 Å². The van der Waals surface area contributed by atoms with Crippen LogP contribution in [0.1, 0.15) is 18.1 Å². The van der Waals surface area contributed by atoms with Gasteiger partial charge in [-0.25, -0.2) is 4.39 Å². The molecule has 0 spiro atoms. The second-order valence-electron chi connectivity index (χ2n) is 4.37. The highest BCUT2D eigenvalue weighted by molar-refractivity contribution is 5.92. The third-order valence-electron chi connectivity index (χ3n) is 2.93. The fourth-order valence-electron chi connectivity index (χ4n) is 1.98. The van der Waals surface area contributed by atoms with Crippen LogP contribution in [0.2, 0.25) is 0 Å². The number of aryl methyl sites for hydroxylation is 1. The van der Waals surface area contributed by atoms with Crippen LogP contribution >= 0.6 is 0 Å². The number of rotatable bonds is 4. The first-order valence-corrected chi connectivity index (χ1v) is 6.31. The molecule has 19 heavy (non-hydrogen) atoms. The van der Waals surface area contributed by atoms with Crippen LogP contribution in [-0.2, 0) is 17.6 Å². The van der Waals surface area contributed by atoms with Gasteiger partial charge >= 0.3 is 0 Å². The Balaban J connectivity index is 2.05. The molecule has 0 saturated carbocycles. The quantitative estimate of drug-likeness (QED) is 0.891. The van der Waals surface area contributed by atoms with Crippen molar-refractivity contribution in [3.63, 3.8) is 0 Å². The highest BCUT2D eigenvalue weighted by Crippen LogP contribution is 2.16. The first-order chi connectivity index (χ1) is 9.19. The van der Waals surface area contributed by atoms with Gasteiger partial charge in [-0.15, -0.1) is 0 Å². The van der Waals surface area contributed by atoms with E-state index in [9.17, 15) is 9.18 Å². The summed E-state index contributed by atoms with van der Waals surface area (Å²) in [5.74, 6) is -0.453. The zero-order chi connectivity index (χ0) is 13.7. The summed E-state index contributed by atoms with van der Waals surface area (Å²) in [7, 11) is 0. The van der Waals surface area contributed by atoms with Crippen LogP contribution in [0.3, 0.4) is 0 Å². The van der Waals surface area contributed by atoms with Crippen molar-refractivity contribution in [1.29, 1.82) is 0 Å². The third kappa shape index (κ3) is 3.65. The Labute approximate surface area is 112 Å². The summed E-state index contributed by atoms with van der Waals surface area (Å²) in [5, 5.41) is 2.87. The normalized spacial score (nSPS) is 10.2. The Kier molecular flexibility index (Phi) is 4.29. The van der Waals surface area contributed by atoms with Gasteiger partial charge in [0.15, 0.2) is 0 Å². The van der Waals surface area contributed by atoms with Crippen LogP contribution in [0, 0.1) is 5.82 Å². The Bertz CT molecular complexity index is 580. The van der Waals surface area contributed by atoms with Crippen LogP contribution in [0.25, 0.3) is 0 Å². The Hall–Kier alpha value is -2.16. The van der Waals surface area contributed by atoms with E-state index in [1.54, 1.807) is 12.1 Å². The maximum atomic E-state index is 13.0. The summed E-state index contributed by atoms with van der Waals surface area (Å²) in [6.45, 7) is 2.04. The minimum atomic E-state index is -0.320. The highest BCUT2D eigenvalue weighted by Gasteiger charge is 2.07. The lowest BCUT2D eigenvalue weighted by Gasteiger charge is -2.09. The minimum absolute atomic E-state index is 0.133. The van der Waals surface area contributed by atoms with Gasteiger partial charge in [0.2, 0.25) is 5.91 Å². The zero-order valence-electron chi connectivity index (χ0n) is 10.8. The molecule has 2 nitrogen and oxygen atoms in total. The number of amides is 1. The standard InChI is InChI=1S/C16H16FNO/c1-2-13-7-3-4-9-15(13)18-16(19)11-12-6-5-8-14(17)10-12/h3-10H,2,11H2,1H3,(H,18,19). The summed E-state index contributed by atoms with van der Waals surface area (Å²) < 4.78 is 13.0. The van der Waals surface area contributed by atoms with Crippen molar-refractivity contribution in [2.45, 2.75) is 19.8 Å². The molecule has 0 aliphatic carbocycles. The van der Waals surface area contributed by atoms with Crippen molar-refractivity contribution in [1.82, 2.24) is 0 Å². The molecule has 0 aliphatic rings. The third-order valence-corrected chi connectivity index (χ3v) is 2.93. The monoisotopic (exact) mass is 257 g/mol. The number of hydrogen-bond acceptors (Lipinski definition) is 1. The number of benzene rings is 2. The summed E-state index contributed by atoms with van der Waals surface area (Å²) in [5.41, 5.74) is 2.59. The molecular formula is C16H16FNO. The molecule has 0 bridgehead atoms. The molecule has 1 amide bonds. The van der Waals surface area contributed by atoms with Crippen molar-refractivity contribution in [2.75, 3.05) is 5.32 Å². The van der Waals surface area contributed by atoms with E-state index in [0.717, 1.165) is 17.7 Å². The van der Waals surface area contributed by atoms with E-state index in [-0.39, 0.29) is 18.1 Å². The minimum Gasteiger partial charge on any atom is -0.326 e. The molecule has 1 N–H and O–H groups in total. The highest BCUT2D eigenvalue weighted by atomic mass is 19.1. The fraction of sp³-hybridized carbons (Fsp3) is 0.188. The molecule has 2 aromatic rings. The second-order valence-corrected chi connectivity index (χ2v) is 4.37. The maximum Gasteiger partial charge on any atom is 0.228 e. The van der Waals surface area contributed by atoms with Gasteiger partial charge in [-0.05, 0) is 35.7 Å². The summed E-state index contributed by atoms with van der Waals surface area (Å²) in [4.78, 5) is 11.9. The van der Waals surface area contributed by atoms with Crippen molar-refractivity contribution in [2.24, 2.45) is 0 Å². The van der Waals surface area contributed by atoms with Crippen LogP contribution < -0.4 is 5.32 Å². The molecule has 2 aromatic carbocycles. The topological polar surface area (TPSA) is 29.1 Å². The van der Waals surface area contributed by atoms with Gasteiger partial charge in [0, 0.05) is 5.69 Å². The van der Waals surface area contributed by atoms with Crippen molar-refractivity contribution in [3.05, 3.63) is 65.5 Å². The fourth-order valence-corrected chi connectivity index (χ4v) is 1.98. The molecule has 0 atom stereocenters. The smallest absolute Gasteiger partial charge is 0.228 e. The van der Waals surface area contributed by atoms with Gasteiger partial charge in [0.25, 0.3) is 0 Å². The van der Waals surface area contributed by atoms with E-state index in [1.807, 2.05) is 31.2 Å². The predicted octanol–water partition coefficient (Wildman–Crippen LogP) is 3.57. The van der Waals surface area contributed by atoms with E-state index in [4.69, 9.17) is 0 Å². The Morgan fingerprint density at radius 2 is 1.95 bits per heavy atom. The van der Waals surface area contributed by atoms with Gasteiger partial charge < -0.3 is 5.32 Å². The van der Waals surface area contributed by atoms with Crippen LogP contribution in [0.4, 0.5) is 10.1 Å². The summed E-state index contributed by atoms with van der Waals surface area (Å²) >= 11 is 0. The maximum absolute atomic E-state index is 13.0. The summed E-state index contributed by atoms with van der Waals surface area (Å²) in [6, 6.07) is 13.8. The van der Waals surface area contributed by atoms with E-state index < -0.39 is 0 Å². The molecule has 0 aromatic heterocycles. The van der Waals surface area contributed by atoms with Crippen LogP contribution in [0.15, 0.2) is 48.5 Å². The number of hydrogen-bond donors (Lipinski definition) is 1. The first kappa shape index (κ1) is 13.3. The molecule has 0 heterocycles. The van der Waals surface area contributed by atoms with Crippen molar-refractivity contribution >= 4 is 11.6 Å². The molecule has 0 radical (unpaired) electrons. The Morgan fingerprint density at radius 1 is 1.16 bits per heavy atom. The predicted molar refractivity (Wildman–Crippen MR) is 74.6 cm³/mol. The molecule has 2 rings (SSSR count). The average Bonchev–Trinajstić information content (AvgIpc) is 2.39. The zero-order valence-corrected chi connectivity index (χ0v) is 10.8. The molecule has 0 aliphatic heterocycles. The van der Waals surface area contributed by atoms with E-state index in [0.29, 0.717) is 5.56 Å². The van der Waals surface area contributed by atoms with Crippen LogP contribution in [-0.4, -0.2) is 5.91 Å². The molecule has 0 unspecified atom stereocenters. The van der Waals surface area contributed by atoms with E-state index in [1.165, 1.54) is 12.1 Å². The first-order valence-electron chi connectivity index (χ1n) is 6.31. The van der Waals surface area contributed by atoms with Gasteiger partial charge in [0.1, 0.15) is 5.82 Å². The molecule has 3 heteroatoms. The lowest BCUT2D eigenvalue weighted by Crippen LogP contribution is -2.15. The molecule has 98 valence electrons. The number of carbonyl (C=O) groups excluding carboxylic acids is 1. The van der Waals surface area contributed by atoms with Gasteiger partial charge in [-0.1, -0.05) is 37.3 Å². The van der Waals surface area contributed by atoms with Gasteiger partial charge in [0.05, 0.1) is 6.42 Å². The van der Waals surface area contributed by atoms with E-state index in [2.05, 4.69) is 5.32 Å². The molecule has 0 saturated heterocycles. The van der Waals surface area contributed by atoms with Crippen molar-refractivity contribution in [3.8, 4) is 0 Å².